The summed E-state index contributed by atoms with van der Waals surface area (Å²) in [6, 6.07) is 17.5. The maximum Gasteiger partial charge on any atom is 0.326 e. The fourth-order valence-corrected chi connectivity index (χ4v) is 4.09. The Hall–Kier alpha value is -4.17. The molecule has 8 nitrogen and oxygen atoms in total. The second kappa shape index (κ2) is 9.60. The number of anilines is 2. The number of carbonyl (C=O) groups is 1. The van der Waals surface area contributed by atoms with Crippen molar-refractivity contribution in [3.05, 3.63) is 71.9 Å². The minimum absolute atomic E-state index is 0.272. The van der Waals surface area contributed by atoms with E-state index in [1.54, 1.807) is 79.9 Å². The summed E-state index contributed by atoms with van der Waals surface area (Å²) in [5, 5.41) is 4.19. The largest absolute Gasteiger partial charge is 0.493 e. The zero-order chi connectivity index (χ0) is 24.4. The number of hydrogen-bond donors (Lipinski definition) is 1. The van der Waals surface area contributed by atoms with E-state index in [2.05, 4.69) is 10.3 Å². The molecule has 0 aliphatic carbocycles. The van der Waals surface area contributed by atoms with Crippen molar-refractivity contribution in [3.8, 4) is 28.7 Å². The van der Waals surface area contributed by atoms with Crippen LogP contribution in [0.25, 0.3) is 10.9 Å². The highest BCUT2D eigenvalue weighted by atomic mass is 35.5. The number of nitrogens with zero attached hydrogens (tertiary/aromatic N) is 2. The summed E-state index contributed by atoms with van der Waals surface area (Å²) in [6.07, 6.45) is 1.67. The van der Waals surface area contributed by atoms with Gasteiger partial charge in [0.05, 0.1) is 32.0 Å². The SMILES string of the molecule is COc1cc2nccc(Oc3ccc4c(c3)OCCN4C(=O)Nc3cccc(Cl)c3)c2cc1OC. The Bertz CT molecular complexity index is 1410. The summed E-state index contributed by atoms with van der Waals surface area (Å²) in [7, 11) is 3.16. The van der Waals surface area contributed by atoms with E-state index in [9.17, 15) is 4.79 Å². The summed E-state index contributed by atoms with van der Waals surface area (Å²) in [5.41, 5.74) is 1.97. The van der Waals surface area contributed by atoms with E-state index >= 15 is 0 Å². The molecule has 0 atom stereocenters. The third-order valence-electron chi connectivity index (χ3n) is 5.55. The fraction of sp³-hybridized carbons (Fsp3) is 0.154. The smallest absolute Gasteiger partial charge is 0.326 e. The van der Waals surface area contributed by atoms with Crippen LogP contribution in [0, 0.1) is 0 Å². The standard InChI is InChI=1S/C26H22ClN3O5/c1-32-24-14-19-20(15-25(24)33-2)28-9-8-22(19)35-18-6-7-21-23(13-18)34-11-10-30(21)26(31)29-17-5-3-4-16(27)12-17/h3-9,12-15H,10-11H2,1-2H3,(H,29,31). The molecule has 0 radical (unpaired) electrons. The van der Waals surface area contributed by atoms with Crippen LogP contribution in [0.5, 0.6) is 28.7 Å². The fourth-order valence-electron chi connectivity index (χ4n) is 3.90. The number of halogens is 1. The average Bonchev–Trinajstić information content (AvgIpc) is 2.87. The first-order valence-electron chi connectivity index (χ1n) is 10.9. The van der Waals surface area contributed by atoms with Gasteiger partial charge in [-0.2, -0.15) is 0 Å². The molecule has 4 aromatic rings. The van der Waals surface area contributed by atoms with Crippen molar-refractivity contribution in [1.29, 1.82) is 0 Å². The van der Waals surface area contributed by atoms with Crippen molar-refractivity contribution < 1.29 is 23.7 Å². The van der Waals surface area contributed by atoms with Gasteiger partial charge in [-0.3, -0.25) is 9.88 Å². The zero-order valence-corrected chi connectivity index (χ0v) is 19.8. The van der Waals surface area contributed by atoms with E-state index < -0.39 is 0 Å². The summed E-state index contributed by atoms with van der Waals surface area (Å²) in [6.45, 7) is 0.769. The van der Waals surface area contributed by atoms with E-state index in [-0.39, 0.29) is 6.03 Å². The maximum absolute atomic E-state index is 12.9. The number of hydrogen-bond acceptors (Lipinski definition) is 6. The number of methoxy groups -OCH3 is 2. The molecule has 1 N–H and O–H groups in total. The molecule has 0 unspecified atom stereocenters. The number of pyridine rings is 1. The number of benzene rings is 3. The number of fused-ring (bicyclic) bond motifs is 2. The summed E-state index contributed by atoms with van der Waals surface area (Å²) >= 11 is 6.03. The first-order valence-corrected chi connectivity index (χ1v) is 11.2. The van der Waals surface area contributed by atoms with E-state index in [1.165, 1.54) is 0 Å². The second-order valence-corrected chi connectivity index (χ2v) is 8.14. The van der Waals surface area contributed by atoms with Gasteiger partial charge >= 0.3 is 6.03 Å². The number of ether oxygens (including phenoxy) is 4. The highest BCUT2D eigenvalue weighted by Gasteiger charge is 2.24. The quantitative estimate of drug-likeness (QED) is 0.361. The van der Waals surface area contributed by atoms with Gasteiger partial charge in [0.2, 0.25) is 0 Å². The predicted octanol–water partition coefficient (Wildman–Crippen LogP) is 6.13. The molecule has 35 heavy (non-hydrogen) atoms. The van der Waals surface area contributed by atoms with Gasteiger partial charge in [-0.1, -0.05) is 17.7 Å². The Morgan fingerprint density at radius 3 is 2.66 bits per heavy atom. The van der Waals surface area contributed by atoms with Gasteiger partial charge in [-0.05, 0) is 42.5 Å². The Kier molecular flexibility index (Phi) is 6.20. The van der Waals surface area contributed by atoms with Gasteiger partial charge < -0.3 is 24.3 Å². The van der Waals surface area contributed by atoms with Gasteiger partial charge in [0.1, 0.15) is 23.9 Å². The van der Waals surface area contributed by atoms with Crippen molar-refractivity contribution in [2.45, 2.75) is 0 Å². The average molecular weight is 492 g/mol. The normalized spacial score (nSPS) is 12.5. The Morgan fingerprint density at radius 1 is 1.03 bits per heavy atom. The molecule has 3 aromatic carbocycles. The van der Waals surface area contributed by atoms with E-state index in [0.717, 1.165) is 5.39 Å². The van der Waals surface area contributed by atoms with Crippen LogP contribution >= 0.6 is 11.6 Å². The van der Waals surface area contributed by atoms with Crippen LogP contribution in [0.1, 0.15) is 0 Å². The molecule has 0 bridgehead atoms. The summed E-state index contributed by atoms with van der Waals surface area (Å²) in [5.74, 6) is 2.87. The molecule has 1 aliphatic rings. The highest BCUT2D eigenvalue weighted by molar-refractivity contribution is 6.30. The lowest BCUT2D eigenvalue weighted by atomic mass is 10.1. The third-order valence-corrected chi connectivity index (χ3v) is 5.79. The number of aromatic nitrogens is 1. The van der Waals surface area contributed by atoms with Gasteiger partial charge in [-0.25, -0.2) is 4.79 Å². The zero-order valence-electron chi connectivity index (χ0n) is 19.1. The lowest BCUT2D eigenvalue weighted by molar-refractivity contribution is 0.250. The van der Waals surface area contributed by atoms with Crippen LogP contribution in [0.4, 0.5) is 16.2 Å². The van der Waals surface area contributed by atoms with Gasteiger partial charge in [0.15, 0.2) is 11.5 Å². The minimum Gasteiger partial charge on any atom is -0.493 e. The number of urea groups is 1. The van der Waals surface area contributed by atoms with E-state index in [0.29, 0.717) is 63.8 Å². The molecule has 1 aromatic heterocycles. The van der Waals surface area contributed by atoms with E-state index in [1.807, 2.05) is 6.07 Å². The molecule has 0 spiro atoms. The predicted molar refractivity (Wildman–Crippen MR) is 135 cm³/mol. The molecule has 1 aliphatic heterocycles. The van der Waals surface area contributed by atoms with Gasteiger partial charge in [-0.15, -0.1) is 0 Å². The number of nitrogens with one attached hydrogen (secondary N) is 1. The highest BCUT2D eigenvalue weighted by Crippen LogP contribution is 2.40. The van der Waals surface area contributed by atoms with Crippen LogP contribution in [0.2, 0.25) is 5.02 Å². The summed E-state index contributed by atoms with van der Waals surface area (Å²) in [4.78, 5) is 19.0. The Morgan fingerprint density at radius 2 is 1.86 bits per heavy atom. The lowest BCUT2D eigenvalue weighted by Crippen LogP contribution is -2.40. The molecule has 9 heteroatoms. The molecule has 0 fully saturated rings. The molecule has 0 saturated heterocycles. The number of amides is 2. The molecule has 0 saturated carbocycles. The number of rotatable bonds is 5. The first-order chi connectivity index (χ1) is 17.1. The van der Waals surface area contributed by atoms with Crippen LogP contribution in [0.15, 0.2) is 66.9 Å². The van der Waals surface area contributed by atoms with Gasteiger partial charge in [0, 0.05) is 34.4 Å². The van der Waals surface area contributed by atoms with Gasteiger partial charge in [0.25, 0.3) is 0 Å². The van der Waals surface area contributed by atoms with Crippen LogP contribution in [-0.2, 0) is 0 Å². The minimum atomic E-state index is -0.272. The Labute approximate surface area is 206 Å². The topological polar surface area (TPSA) is 82.2 Å². The van der Waals surface area contributed by atoms with Crippen LogP contribution in [0.3, 0.4) is 0 Å². The summed E-state index contributed by atoms with van der Waals surface area (Å²) < 4.78 is 22.8. The van der Waals surface area contributed by atoms with Crippen molar-refractivity contribution >= 4 is 39.9 Å². The molecular weight excluding hydrogens is 470 g/mol. The molecule has 2 amide bonds. The molecule has 178 valence electrons. The first kappa shape index (κ1) is 22.6. The van der Waals surface area contributed by atoms with Crippen LogP contribution in [-0.4, -0.2) is 38.4 Å². The Balaban J connectivity index is 1.41. The van der Waals surface area contributed by atoms with Crippen LogP contribution < -0.4 is 29.2 Å². The number of carbonyl (C=O) groups excluding carboxylic acids is 1. The van der Waals surface area contributed by atoms with Crippen molar-refractivity contribution in [2.75, 3.05) is 37.6 Å². The maximum atomic E-state index is 12.9. The van der Waals surface area contributed by atoms with Crippen molar-refractivity contribution in [1.82, 2.24) is 4.98 Å². The molecule has 2 heterocycles. The lowest BCUT2D eigenvalue weighted by Gasteiger charge is -2.30. The van der Waals surface area contributed by atoms with Crippen molar-refractivity contribution in [2.24, 2.45) is 0 Å². The van der Waals surface area contributed by atoms with Crippen molar-refractivity contribution in [3.63, 3.8) is 0 Å². The molecular formula is C26H22ClN3O5. The second-order valence-electron chi connectivity index (χ2n) is 7.71. The molecule has 5 rings (SSSR count). The monoisotopic (exact) mass is 491 g/mol. The van der Waals surface area contributed by atoms with E-state index in [4.69, 9.17) is 30.5 Å². The third kappa shape index (κ3) is 4.61.